The fourth-order valence-electron chi connectivity index (χ4n) is 8.79. The van der Waals surface area contributed by atoms with Gasteiger partial charge in [-0.1, -0.05) is 23.6 Å². The van der Waals surface area contributed by atoms with Gasteiger partial charge in [0.05, 0.1) is 30.4 Å². The molecule has 2 unspecified atom stereocenters. The van der Waals surface area contributed by atoms with E-state index in [4.69, 9.17) is 32.5 Å². The highest BCUT2D eigenvalue weighted by Gasteiger charge is 2.48. The number of hydrogen-bond donors (Lipinski definition) is 2. The van der Waals surface area contributed by atoms with Gasteiger partial charge in [-0.15, -0.1) is 6.42 Å². The molecule has 0 spiro atoms. The summed E-state index contributed by atoms with van der Waals surface area (Å²) in [6, 6.07) is 7.36. The predicted octanol–water partition coefficient (Wildman–Crippen LogP) is 7.22. The van der Waals surface area contributed by atoms with E-state index in [-0.39, 0.29) is 61.7 Å². The number of anilines is 1. The summed E-state index contributed by atoms with van der Waals surface area (Å²) in [7, 11) is 0. The molecule has 2 N–H and O–H groups in total. The summed E-state index contributed by atoms with van der Waals surface area (Å²) in [6.45, 7) is 5.93. The molecule has 4 aromatic rings. The number of aromatic nitrogens is 2. The van der Waals surface area contributed by atoms with Gasteiger partial charge in [-0.3, -0.25) is 0 Å². The van der Waals surface area contributed by atoms with Crippen LogP contribution in [0.25, 0.3) is 32.8 Å². The zero-order valence-electron chi connectivity index (χ0n) is 28.1. The molecule has 52 heavy (non-hydrogen) atoms. The summed E-state index contributed by atoms with van der Waals surface area (Å²) in [4.78, 5) is 13.5. The van der Waals surface area contributed by atoms with Gasteiger partial charge in [0.1, 0.15) is 17.1 Å². The SMILES string of the molecule is C#Cc1c(Cl)ccc2cc(O)cc(-c3c(SC(F)(F)F)cc4c(N5CC6CCC(C5)N6)nc(OCC5(CN6C[C@H]7COC[C@H]7C6)CC5)nc4c3F)c12. The van der Waals surface area contributed by atoms with Crippen LogP contribution in [0.1, 0.15) is 31.2 Å². The molecule has 4 saturated heterocycles. The number of aromatic hydroxyl groups is 1. The van der Waals surface area contributed by atoms with Gasteiger partial charge in [-0.25, -0.2) is 4.39 Å². The number of hydrogen-bond acceptors (Lipinski definition) is 9. The average molecular weight is 754 g/mol. The van der Waals surface area contributed by atoms with Gasteiger partial charge in [0.2, 0.25) is 0 Å². The Kier molecular flexibility index (Phi) is 8.43. The van der Waals surface area contributed by atoms with Crippen LogP contribution >= 0.6 is 23.4 Å². The zero-order chi connectivity index (χ0) is 35.9. The van der Waals surface area contributed by atoms with Gasteiger partial charge < -0.3 is 29.7 Å². The lowest BCUT2D eigenvalue weighted by Crippen LogP contribution is -2.51. The Balaban J connectivity index is 1.18. The fraction of sp³-hybridized carbons (Fsp3) is 0.474. The topological polar surface area (TPSA) is 83.0 Å². The van der Waals surface area contributed by atoms with E-state index < -0.39 is 33.5 Å². The van der Waals surface area contributed by atoms with Crippen molar-refractivity contribution in [1.82, 2.24) is 20.2 Å². The second kappa shape index (κ2) is 12.8. The third kappa shape index (κ3) is 6.30. The van der Waals surface area contributed by atoms with Crippen LogP contribution in [0.5, 0.6) is 11.8 Å². The molecule has 3 aromatic carbocycles. The summed E-state index contributed by atoms with van der Waals surface area (Å²) >= 11 is 6.02. The Hall–Kier alpha value is -3.54. The number of halogens is 5. The number of benzene rings is 3. The molecule has 272 valence electrons. The number of nitrogens with zero attached hydrogens (tertiary/aromatic N) is 4. The van der Waals surface area contributed by atoms with Crippen LogP contribution < -0.4 is 15.0 Å². The van der Waals surface area contributed by atoms with E-state index in [0.717, 1.165) is 58.5 Å². The molecule has 0 radical (unpaired) electrons. The van der Waals surface area contributed by atoms with Gasteiger partial charge in [0.25, 0.3) is 0 Å². The van der Waals surface area contributed by atoms with Gasteiger partial charge in [0.15, 0.2) is 5.82 Å². The van der Waals surface area contributed by atoms with Crippen molar-refractivity contribution in [2.45, 2.75) is 48.2 Å². The second-order valence-electron chi connectivity index (χ2n) is 15.1. The highest BCUT2D eigenvalue weighted by Crippen LogP contribution is 2.50. The first-order valence-corrected chi connectivity index (χ1v) is 18.8. The molecular weight excluding hydrogens is 718 g/mol. The molecule has 1 saturated carbocycles. The molecule has 9 rings (SSSR count). The minimum Gasteiger partial charge on any atom is -0.508 e. The number of rotatable bonds is 8. The molecule has 14 heteroatoms. The largest absolute Gasteiger partial charge is 0.508 e. The maximum absolute atomic E-state index is 17.4. The number of phenolic OH excluding ortho intramolecular Hbond substituents is 1. The van der Waals surface area contributed by atoms with E-state index in [1.807, 2.05) is 4.90 Å². The lowest BCUT2D eigenvalue weighted by atomic mass is 9.93. The van der Waals surface area contributed by atoms with Gasteiger partial charge >= 0.3 is 11.5 Å². The number of alkyl halides is 3. The van der Waals surface area contributed by atoms with Crippen molar-refractivity contribution in [1.29, 1.82) is 0 Å². The van der Waals surface area contributed by atoms with E-state index in [0.29, 0.717) is 42.7 Å². The molecule has 0 amide bonds. The van der Waals surface area contributed by atoms with Crippen molar-refractivity contribution in [3.63, 3.8) is 0 Å². The molecule has 5 heterocycles. The number of ether oxygens (including phenoxy) is 2. The van der Waals surface area contributed by atoms with Crippen molar-refractivity contribution in [2.24, 2.45) is 17.3 Å². The number of likely N-dealkylation sites (tertiary alicyclic amines) is 1. The number of phenols is 1. The molecule has 8 nitrogen and oxygen atoms in total. The quantitative estimate of drug-likeness (QED) is 0.110. The number of terminal acetylenes is 1. The normalized spacial score (nSPS) is 25.2. The fourth-order valence-corrected chi connectivity index (χ4v) is 9.73. The second-order valence-corrected chi connectivity index (χ2v) is 16.6. The standard InChI is InChI=1S/C38H36ClF4N5O3S/c1-2-26-29(39)6-3-20-9-25(49)10-27(31(20)26)32-30(52-38(41,42)43)11-28-34(33(32)40)45-36(46-35(28)48-14-23-4-5-24(15-48)44-23)51-19-37(7-8-37)18-47-12-21-16-50-17-22(21)13-47/h1,3,6,9-11,21-24,44,49H,4-5,7-8,12-19H2/t21-,22+,23?,24?. The van der Waals surface area contributed by atoms with Crippen molar-refractivity contribution >= 4 is 50.9 Å². The van der Waals surface area contributed by atoms with Gasteiger partial charge in [0, 0.05) is 83.3 Å². The van der Waals surface area contributed by atoms with E-state index in [1.54, 1.807) is 6.07 Å². The Morgan fingerprint density at radius 3 is 2.48 bits per heavy atom. The smallest absolute Gasteiger partial charge is 0.446 e. The van der Waals surface area contributed by atoms with Crippen molar-refractivity contribution in [2.75, 3.05) is 57.4 Å². The maximum Gasteiger partial charge on any atom is 0.446 e. The average Bonchev–Trinajstić information content (AvgIpc) is 3.33. The first-order valence-electron chi connectivity index (χ1n) is 17.6. The number of fused-ring (bicyclic) bond motifs is 5. The lowest BCUT2D eigenvalue weighted by molar-refractivity contribution is -0.0328. The molecule has 2 bridgehead atoms. The van der Waals surface area contributed by atoms with Crippen molar-refractivity contribution in [3.8, 4) is 35.2 Å². The van der Waals surface area contributed by atoms with Crippen LogP contribution in [-0.2, 0) is 4.74 Å². The molecule has 1 aliphatic carbocycles. The number of nitrogens with one attached hydrogen (secondary N) is 1. The molecule has 4 atom stereocenters. The third-order valence-electron chi connectivity index (χ3n) is 11.4. The predicted molar refractivity (Wildman–Crippen MR) is 193 cm³/mol. The molecular formula is C38H36ClF4N5O3S. The highest BCUT2D eigenvalue weighted by molar-refractivity contribution is 8.00. The summed E-state index contributed by atoms with van der Waals surface area (Å²) < 4.78 is 72.3. The monoisotopic (exact) mass is 753 g/mol. The Morgan fingerprint density at radius 1 is 1.08 bits per heavy atom. The first-order chi connectivity index (χ1) is 25.0. The summed E-state index contributed by atoms with van der Waals surface area (Å²) in [5.74, 6) is 2.69. The molecule has 1 aromatic heterocycles. The first kappa shape index (κ1) is 34.2. The van der Waals surface area contributed by atoms with Crippen LogP contribution in [0.15, 0.2) is 35.2 Å². The van der Waals surface area contributed by atoms with Gasteiger partial charge in [-0.05, 0) is 72.7 Å². The Labute approximate surface area is 307 Å². The molecule has 4 aliphatic heterocycles. The minimum absolute atomic E-state index is 0.0273. The van der Waals surface area contributed by atoms with E-state index in [2.05, 4.69) is 21.1 Å². The van der Waals surface area contributed by atoms with Crippen LogP contribution in [0, 0.1) is 35.4 Å². The minimum atomic E-state index is -4.77. The highest BCUT2D eigenvalue weighted by atomic mass is 35.5. The lowest BCUT2D eigenvalue weighted by Gasteiger charge is -2.34. The van der Waals surface area contributed by atoms with Gasteiger partial charge in [-0.2, -0.15) is 23.1 Å². The summed E-state index contributed by atoms with van der Waals surface area (Å²) in [5.41, 5.74) is -5.28. The maximum atomic E-state index is 17.4. The van der Waals surface area contributed by atoms with Crippen molar-refractivity contribution < 1.29 is 32.1 Å². The van der Waals surface area contributed by atoms with Crippen molar-refractivity contribution in [3.05, 3.63) is 46.7 Å². The number of thioether (sulfide) groups is 1. The number of piperazine rings is 1. The van der Waals surface area contributed by atoms with Crippen LogP contribution in [0.3, 0.4) is 0 Å². The summed E-state index contributed by atoms with van der Waals surface area (Å²) in [6.07, 6.45) is 9.72. The molecule has 5 aliphatic rings. The Morgan fingerprint density at radius 2 is 1.81 bits per heavy atom. The third-order valence-corrected chi connectivity index (χ3v) is 12.5. The van der Waals surface area contributed by atoms with E-state index in [1.165, 1.54) is 24.3 Å². The zero-order valence-corrected chi connectivity index (χ0v) is 29.7. The van der Waals surface area contributed by atoms with E-state index in [9.17, 15) is 18.3 Å². The Bertz CT molecular complexity index is 2120. The van der Waals surface area contributed by atoms with Crippen LogP contribution in [-0.4, -0.2) is 90.1 Å². The van der Waals surface area contributed by atoms with Crippen LogP contribution in [0.4, 0.5) is 23.4 Å². The molecule has 5 fully saturated rings. The van der Waals surface area contributed by atoms with E-state index >= 15 is 4.39 Å². The summed E-state index contributed by atoms with van der Waals surface area (Å²) in [5, 5.41) is 15.3. The van der Waals surface area contributed by atoms with Crippen LogP contribution in [0.2, 0.25) is 5.02 Å².